The van der Waals surface area contributed by atoms with Gasteiger partial charge in [0.15, 0.2) is 0 Å². The van der Waals surface area contributed by atoms with Crippen molar-refractivity contribution in [3.8, 4) is 5.75 Å². The van der Waals surface area contributed by atoms with Crippen molar-refractivity contribution in [2.24, 2.45) is 17.8 Å². The van der Waals surface area contributed by atoms with E-state index in [2.05, 4.69) is 59.4 Å². The average Bonchev–Trinajstić information content (AvgIpc) is 3.26. The van der Waals surface area contributed by atoms with Gasteiger partial charge in [-0.3, -0.25) is 0 Å². The number of allylic oxidation sites excluding steroid dienone is 2. The second kappa shape index (κ2) is 9.50. The molecule has 32 heavy (non-hydrogen) atoms. The number of hydrogen-bond donors (Lipinski definition) is 1. The molecule has 2 bridgehead atoms. The number of benzene rings is 2. The molecule has 4 heteroatoms. The molecule has 0 saturated heterocycles. The third-order valence-electron chi connectivity index (χ3n) is 7.56. The topological polar surface area (TPSA) is 41.1 Å². The van der Waals surface area contributed by atoms with Crippen molar-refractivity contribution in [2.75, 3.05) is 27.2 Å². The molecule has 0 spiro atoms. The molecule has 0 amide bonds. The Morgan fingerprint density at radius 2 is 1.94 bits per heavy atom. The molecule has 1 heterocycles. The summed E-state index contributed by atoms with van der Waals surface area (Å²) in [4.78, 5) is 10.7. The van der Waals surface area contributed by atoms with Gasteiger partial charge in [0.05, 0.1) is 12.6 Å². The molecule has 3 atom stereocenters. The highest BCUT2D eigenvalue weighted by Gasteiger charge is 2.36. The van der Waals surface area contributed by atoms with Gasteiger partial charge in [-0.25, -0.2) is 4.98 Å². The lowest BCUT2D eigenvalue weighted by atomic mass is 9.63. The first-order valence-electron chi connectivity index (χ1n) is 12.2. The fourth-order valence-corrected chi connectivity index (χ4v) is 5.80. The summed E-state index contributed by atoms with van der Waals surface area (Å²) in [5.41, 5.74) is 5.06. The van der Waals surface area contributed by atoms with Crippen LogP contribution in [0.25, 0.3) is 16.6 Å². The molecule has 0 aliphatic heterocycles. The van der Waals surface area contributed by atoms with E-state index in [4.69, 9.17) is 9.72 Å². The summed E-state index contributed by atoms with van der Waals surface area (Å²) in [6.07, 6.45) is 10.2. The molecule has 1 fully saturated rings. The second-order valence-corrected chi connectivity index (χ2v) is 9.66. The maximum Gasteiger partial charge on any atom is 0.146 e. The number of nitrogens with one attached hydrogen (secondary N) is 1. The third kappa shape index (κ3) is 4.47. The first-order valence-corrected chi connectivity index (χ1v) is 12.2. The first kappa shape index (κ1) is 21.3. The highest BCUT2D eigenvalue weighted by Crippen LogP contribution is 2.48. The largest absolute Gasteiger partial charge is 0.494 e. The number of methoxy groups -OCH3 is 1. The summed E-state index contributed by atoms with van der Waals surface area (Å²) in [6.45, 7) is 2.30. The molecule has 4 nitrogen and oxygen atoms in total. The summed E-state index contributed by atoms with van der Waals surface area (Å²) >= 11 is 0. The minimum absolute atomic E-state index is 0.766. The number of aromatic amines is 1. The van der Waals surface area contributed by atoms with Gasteiger partial charge >= 0.3 is 0 Å². The summed E-state index contributed by atoms with van der Waals surface area (Å²) < 4.78 is 5.43. The van der Waals surface area contributed by atoms with E-state index < -0.39 is 0 Å². The number of fused-ring (bicyclic) bond motifs is 3. The van der Waals surface area contributed by atoms with E-state index in [9.17, 15) is 0 Å². The third-order valence-corrected chi connectivity index (χ3v) is 7.56. The van der Waals surface area contributed by atoms with E-state index >= 15 is 0 Å². The molecule has 0 radical (unpaired) electrons. The van der Waals surface area contributed by atoms with Gasteiger partial charge in [-0.1, -0.05) is 42.5 Å². The zero-order valence-electron chi connectivity index (χ0n) is 19.4. The SMILES string of the molecule is COc1cccc2[nH]c(CCCN(C)CC[C@@H]3C[C@@H]4CC[C@@H]3C=C4c3ccccc3)nc12. The Morgan fingerprint density at radius 1 is 1.06 bits per heavy atom. The number of ether oxygens (including phenoxy) is 1. The Morgan fingerprint density at radius 3 is 2.72 bits per heavy atom. The van der Waals surface area contributed by atoms with Crippen molar-refractivity contribution in [2.45, 2.75) is 38.5 Å². The average molecular weight is 430 g/mol. The molecule has 3 aliphatic carbocycles. The number of para-hydroxylation sites is 1. The van der Waals surface area contributed by atoms with Crippen LogP contribution in [0.2, 0.25) is 0 Å². The maximum atomic E-state index is 5.43. The van der Waals surface area contributed by atoms with Crippen molar-refractivity contribution in [1.29, 1.82) is 0 Å². The minimum Gasteiger partial charge on any atom is -0.494 e. The Bertz CT molecular complexity index is 1070. The summed E-state index contributed by atoms with van der Waals surface area (Å²) in [6, 6.07) is 17.1. The van der Waals surface area contributed by atoms with Crippen LogP contribution in [0.1, 0.15) is 43.5 Å². The maximum absolute atomic E-state index is 5.43. The number of rotatable bonds is 9. The van der Waals surface area contributed by atoms with Gasteiger partial charge in [-0.05, 0) is 93.3 Å². The van der Waals surface area contributed by atoms with Crippen LogP contribution >= 0.6 is 0 Å². The fraction of sp³-hybridized carbons (Fsp3) is 0.464. The van der Waals surface area contributed by atoms with Crippen LogP contribution in [0.4, 0.5) is 0 Å². The predicted molar refractivity (Wildman–Crippen MR) is 132 cm³/mol. The van der Waals surface area contributed by atoms with E-state index in [0.29, 0.717) is 0 Å². The number of imidazole rings is 1. The number of aromatic nitrogens is 2. The van der Waals surface area contributed by atoms with Crippen molar-refractivity contribution >= 4 is 16.6 Å². The number of hydrogen-bond acceptors (Lipinski definition) is 3. The Balaban J connectivity index is 1.10. The lowest BCUT2D eigenvalue weighted by molar-refractivity contribution is 0.191. The quantitative estimate of drug-likeness (QED) is 0.456. The highest BCUT2D eigenvalue weighted by atomic mass is 16.5. The molecule has 1 N–H and O–H groups in total. The van der Waals surface area contributed by atoms with Crippen molar-refractivity contribution < 1.29 is 4.74 Å². The van der Waals surface area contributed by atoms with E-state index in [1.54, 1.807) is 12.7 Å². The van der Waals surface area contributed by atoms with Gasteiger partial charge in [0, 0.05) is 6.42 Å². The van der Waals surface area contributed by atoms with Gasteiger partial charge in [0.2, 0.25) is 0 Å². The fourth-order valence-electron chi connectivity index (χ4n) is 5.80. The van der Waals surface area contributed by atoms with Crippen LogP contribution in [-0.2, 0) is 6.42 Å². The molecule has 3 aromatic rings. The molecule has 2 aromatic carbocycles. The lowest BCUT2D eigenvalue weighted by Crippen LogP contribution is -2.32. The van der Waals surface area contributed by atoms with Crippen LogP contribution in [0, 0.1) is 17.8 Å². The van der Waals surface area contributed by atoms with Crippen molar-refractivity contribution in [1.82, 2.24) is 14.9 Å². The zero-order valence-corrected chi connectivity index (χ0v) is 19.4. The standard InChI is InChI=1S/C28H35N3O/c1-31(16-7-12-27-29-25-10-6-11-26(32-2)28(25)30-27)17-15-22-18-23-14-13-21(22)19-24(23)20-8-4-3-5-9-20/h3-6,8-11,19,21-23H,7,12-18H2,1-2H3,(H,29,30)/t21-,22-,23+/m1/s1. The highest BCUT2D eigenvalue weighted by molar-refractivity contribution is 5.81. The Hall–Kier alpha value is -2.59. The Labute approximate surface area is 191 Å². The summed E-state index contributed by atoms with van der Waals surface area (Å²) in [5, 5.41) is 0. The summed E-state index contributed by atoms with van der Waals surface area (Å²) in [7, 11) is 3.97. The number of H-pyrrole nitrogens is 1. The first-order chi connectivity index (χ1) is 15.7. The van der Waals surface area contributed by atoms with Crippen LogP contribution in [-0.4, -0.2) is 42.1 Å². The Kier molecular flexibility index (Phi) is 6.31. The van der Waals surface area contributed by atoms with Gasteiger partial charge in [0.1, 0.15) is 17.1 Å². The van der Waals surface area contributed by atoms with Gasteiger partial charge in [-0.15, -0.1) is 0 Å². The molecular weight excluding hydrogens is 394 g/mol. The van der Waals surface area contributed by atoms with Gasteiger partial charge in [-0.2, -0.15) is 0 Å². The molecular formula is C28H35N3O. The van der Waals surface area contributed by atoms with E-state index in [1.165, 1.54) is 37.8 Å². The monoisotopic (exact) mass is 429 g/mol. The predicted octanol–water partition coefficient (Wildman–Crippen LogP) is 5.96. The van der Waals surface area contributed by atoms with Crippen LogP contribution in [0.3, 0.4) is 0 Å². The number of nitrogens with zero attached hydrogens (tertiary/aromatic N) is 2. The smallest absolute Gasteiger partial charge is 0.146 e. The van der Waals surface area contributed by atoms with Crippen LogP contribution in [0.5, 0.6) is 5.75 Å². The molecule has 1 aromatic heterocycles. The van der Waals surface area contributed by atoms with Gasteiger partial charge in [0.25, 0.3) is 0 Å². The van der Waals surface area contributed by atoms with E-state index in [0.717, 1.165) is 59.7 Å². The molecule has 3 aliphatic rings. The zero-order chi connectivity index (χ0) is 21.9. The molecule has 0 unspecified atom stereocenters. The lowest BCUT2D eigenvalue weighted by Gasteiger charge is -2.42. The minimum atomic E-state index is 0.766. The van der Waals surface area contributed by atoms with E-state index in [-0.39, 0.29) is 0 Å². The molecule has 1 saturated carbocycles. The van der Waals surface area contributed by atoms with Crippen molar-refractivity contribution in [3.05, 3.63) is 66.0 Å². The van der Waals surface area contributed by atoms with Crippen molar-refractivity contribution in [3.63, 3.8) is 0 Å². The van der Waals surface area contributed by atoms with Gasteiger partial charge < -0.3 is 14.6 Å². The molecule has 6 rings (SSSR count). The second-order valence-electron chi connectivity index (χ2n) is 9.66. The normalized spacial score (nSPS) is 22.5. The van der Waals surface area contributed by atoms with Crippen LogP contribution in [0.15, 0.2) is 54.6 Å². The summed E-state index contributed by atoms with van der Waals surface area (Å²) in [5.74, 6) is 4.29. The van der Waals surface area contributed by atoms with Crippen LogP contribution < -0.4 is 4.74 Å². The molecule has 168 valence electrons. The van der Waals surface area contributed by atoms with E-state index in [1.807, 2.05) is 12.1 Å². The number of aryl methyl sites for hydroxylation is 1.